The third-order valence-corrected chi connectivity index (χ3v) is 4.34. The Hall–Kier alpha value is 0.787. The van der Waals surface area contributed by atoms with Gasteiger partial charge in [-0.2, -0.15) is 0 Å². The second-order valence-corrected chi connectivity index (χ2v) is 6.19. The molecule has 1 fully saturated rings. The topological polar surface area (TPSA) is 17.1 Å². The first-order chi connectivity index (χ1) is 8.43. The molecule has 18 heavy (non-hydrogen) atoms. The maximum absolute atomic E-state index is 11.0. The van der Waals surface area contributed by atoms with E-state index in [9.17, 15) is 4.79 Å². The van der Waals surface area contributed by atoms with E-state index < -0.39 is 0 Å². The van der Waals surface area contributed by atoms with Crippen molar-refractivity contribution < 1.29 is 4.79 Å². The van der Waals surface area contributed by atoms with Crippen LogP contribution in [0.2, 0.25) is 19.7 Å². The molecule has 0 aromatic heterocycles. The molecule has 1 unspecified atom stereocenters. The van der Waals surface area contributed by atoms with Crippen LogP contribution >= 0.6 is 44.0 Å². The van der Waals surface area contributed by atoms with Crippen molar-refractivity contribution in [1.29, 1.82) is 0 Å². The second-order valence-electron chi connectivity index (χ2n) is 4.47. The Bertz CT molecular complexity index is 434. The average molecular weight is 318 g/mol. The molecule has 6 heteroatoms. The summed E-state index contributed by atoms with van der Waals surface area (Å²) in [4.78, 5) is 11.0. The van der Waals surface area contributed by atoms with Crippen LogP contribution in [0.1, 0.15) is 36.0 Å². The van der Waals surface area contributed by atoms with E-state index in [-0.39, 0.29) is 16.1 Å². The van der Waals surface area contributed by atoms with Crippen LogP contribution in [0.3, 0.4) is 0 Å². The number of benzene rings is 1. The maximum atomic E-state index is 11.0. The molecule has 1 aliphatic carbocycles. The van der Waals surface area contributed by atoms with Gasteiger partial charge in [0.1, 0.15) is 0 Å². The van der Waals surface area contributed by atoms with Crippen LogP contribution in [0.25, 0.3) is 0 Å². The molecule has 1 nitrogen and oxygen atoms in total. The van der Waals surface area contributed by atoms with Crippen LogP contribution in [0.4, 0.5) is 0 Å². The minimum absolute atomic E-state index is 0.198. The number of halogens is 3. The molecule has 0 amide bonds. The molecule has 2 rings (SSSR count). The molecule has 1 atom stereocenters. The summed E-state index contributed by atoms with van der Waals surface area (Å²) in [5.41, 5.74) is -0.0247. The average Bonchev–Trinajstić information content (AvgIpc) is 2.76. The summed E-state index contributed by atoms with van der Waals surface area (Å²) >= 11 is 19.5. The van der Waals surface area contributed by atoms with E-state index in [4.69, 9.17) is 34.8 Å². The van der Waals surface area contributed by atoms with Crippen molar-refractivity contribution in [2.24, 2.45) is 0 Å². The SMILES string of the molecule is O=C(P)c1c(Cl)ccc(Cl)c1Cl.[Li][CH]1CCCC1. The van der Waals surface area contributed by atoms with Gasteiger partial charge in [-0.05, 0) is 12.1 Å². The molecule has 0 saturated heterocycles. The van der Waals surface area contributed by atoms with Gasteiger partial charge in [0, 0.05) is 0 Å². The molecule has 0 heterocycles. The second kappa shape index (κ2) is 8.16. The van der Waals surface area contributed by atoms with E-state index >= 15 is 0 Å². The van der Waals surface area contributed by atoms with Crippen LogP contribution in [-0.2, 0) is 0 Å². The molecule has 1 saturated carbocycles. The van der Waals surface area contributed by atoms with Gasteiger partial charge in [-0.3, -0.25) is 4.79 Å². The molecule has 1 aromatic carbocycles. The molecule has 0 N–H and O–H groups in total. The fourth-order valence-corrected chi connectivity index (χ4v) is 3.08. The van der Waals surface area contributed by atoms with Crippen molar-refractivity contribution in [3.05, 3.63) is 32.8 Å². The Labute approximate surface area is 134 Å². The molecular weight excluding hydrogens is 304 g/mol. The van der Waals surface area contributed by atoms with Crippen LogP contribution in [-0.4, -0.2) is 23.2 Å². The van der Waals surface area contributed by atoms with Gasteiger partial charge in [-0.15, -0.1) is 0 Å². The summed E-state index contributed by atoms with van der Waals surface area (Å²) in [5, 5.41) is 0.834. The predicted molar refractivity (Wildman–Crippen MR) is 83.5 cm³/mol. The van der Waals surface area contributed by atoms with Crippen LogP contribution in [0.5, 0.6) is 0 Å². The molecule has 94 valence electrons. The number of hydrogen-bond acceptors (Lipinski definition) is 1. The zero-order chi connectivity index (χ0) is 13.7. The summed E-state index contributed by atoms with van der Waals surface area (Å²) in [5.74, 6) is 0. The Morgan fingerprint density at radius 2 is 1.67 bits per heavy atom. The molecule has 0 radical (unpaired) electrons. The fraction of sp³-hybridized carbons (Fsp3) is 0.417. The van der Waals surface area contributed by atoms with Gasteiger partial charge in [-0.25, -0.2) is 0 Å². The van der Waals surface area contributed by atoms with Crippen LogP contribution < -0.4 is 0 Å². The van der Waals surface area contributed by atoms with E-state index in [1.165, 1.54) is 31.7 Å². The molecule has 1 aromatic rings. The Kier molecular flexibility index (Phi) is 7.63. The third kappa shape index (κ3) is 5.05. The van der Waals surface area contributed by atoms with E-state index in [1.807, 2.05) is 9.24 Å². The van der Waals surface area contributed by atoms with Gasteiger partial charge in [0.05, 0.1) is 20.6 Å². The van der Waals surface area contributed by atoms with Gasteiger partial charge < -0.3 is 0 Å². The Balaban J connectivity index is 0.000000225. The van der Waals surface area contributed by atoms with Crippen molar-refractivity contribution >= 4 is 67.3 Å². The number of rotatable bonds is 1. The summed E-state index contributed by atoms with van der Waals surface area (Å²) in [6, 6.07) is 3.08. The van der Waals surface area contributed by atoms with Crippen molar-refractivity contribution in [3.8, 4) is 0 Å². The summed E-state index contributed by atoms with van der Waals surface area (Å²) in [7, 11) is 2.00. The minimum atomic E-state index is -0.271. The zero-order valence-corrected chi connectivity index (χ0v) is 13.6. The van der Waals surface area contributed by atoms with Crippen molar-refractivity contribution in [1.82, 2.24) is 0 Å². The quantitative estimate of drug-likeness (QED) is 0.396. The molecule has 0 bridgehead atoms. The Morgan fingerprint density at radius 1 is 1.17 bits per heavy atom. The van der Waals surface area contributed by atoms with Gasteiger partial charge >= 0.3 is 48.0 Å². The monoisotopic (exact) mass is 316 g/mol. The number of hydrogen-bond donors (Lipinski definition) is 0. The molecule has 0 spiro atoms. The standard InChI is InChI=1S/C7H4Cl3OP.C5H9.Li/c8-3-1-2-4(9)6(10)5(3)7(11)12;1-2-4-5-3-1;/h1-2H,12H2;1H,2-5H2;. The molecule has 0 aliphatic heterocycles. The fourth-order valence-electron chi connectivity index (χ4n) is 1.88. The van der Waals surface area contributed by atoms with E-state index in [1.54, 1.807) is 6.07 Å². The molecule has 1 aliphatic rings. The van der Waals surface area contributed by atoms with Crippen molar-refractivity contribution in [2.75, 3.05) is 0 Å². The van der Waals surface area contributed by atoms with Gasteiger partial charge in [-0.1, -0.05) is 44.0 Å². The van der Waals surface area contributed by atoms with Crippen molar-refractivity contribution in [3.63, 3.8) is 0 Å². The van der Waals surface area contributed by atoms with E-state index in [2.05, 4.69) is 17.7 Å². The third-order valence-electron chi connectivity index (χ3n) is 2.93. The zero-order valence-electron chi connectivity index (χ0n) is 10.2. The Morgan fingerprint density at radius 3 is 2.00 bits per heavy atom. The number of carbonyl (C=O) groups excluding carboxylic acids is 1. The summed E-state index contributed by atoms with van der Waals surface area (Å²) < 4.78 is 1.05. The van der Waals surface area contributed by atoms with Gasteiger partial charge in [0.2, 0.25) is 0 Å². The van der Waals surface area contributed by atoms with E-state index in [0.717, 1.165) is 4.59 Å². The summed E-state index contributed by atoms with van der Waals surface area (Å²) in [6.45, 7) is 0. The van der Waals surface area contributed by atoms with Gasteiger partial charge in [0.15, 0.2) is 5.52 Å². The van der Waals surface area contributed by atoms with E-state index in [0.29, 0.717) is 10.0 Å². The van der Waals surface area contributed by atoms with Crippen LogP contribution in [0, 0.1) is 0 Å². The van der Waals surface area contributed by atoms with Crippen LogP contribution in [0.15, 0.2) is 12.1 Å². The number of carbonyl (C=O) groups is 1. The molecular formula is C12H13Cl3LiOP. The predicted octanol–water partition coefficient (Wildman–Crippen LogP) is 5.18. The van der Waals surface area contributed by atoms with Gasteiger partial charge in [0.25, 0.3) is 0 Å². The first-order valence-electron chi connectivity index (χ1n) is 5.86. The first-order valence-corrected chi connectivity index (χ1v) is 7.58. The normalized spacial score (nSPS) is 15.2. The first kappa shape index (κ1) is 16.8. The van der Waals surface area contributed by atoms with Crippen molar-refractivity contribution in [2.45, 2.75) is 30.3 Å². The summed E-state index contributed by atoms with van der Waals surface area (Å²) in [6.07, 6.45) is 5.95.